The Kier molecular flexibility index (Phi) is 29.6. The molecular weight excluding hydrogens is 476 g/mol. The van der Waals surface area contributed by atoms with Gasteiger partial charge in [-0.3, -0.25) is 9.59 Å². The number of hydrogen-bond acceptors (Lipinski definition) is 5. The normalized spacial score (nSPS) is 12.0. The molecule has 1 N–H and O–H groups in total. The Morgan fingerprint density at radius 2 is 0.684 bits per heavy atom. The third kappa shape index (κ3) is 29.5. The fourth-order valence-corrected chi connectivity index (χ4v) is 4.79. The Hall–Kier alpha value is -1.10. The number of carbonyl (C=O) groups is 2. The van der Waals surface area contributed by atoms with E-state index in [4.69, 9.17) is 9.47 Å². The minimum atomic E-state index is -0.951. The Morgan fingerprint density at radius 1 is 0.447 bits per heavy atom. The predicted molar refractivity (Wildman–Crippen MR) is 159 cm³/mol. The van der Waals surface area contributed by atoms with Gasteiger partial charge in [-0.25, -0.2) is 0 Å². The van der Waals surface area contributed by atoms with Crippen molar-refractivity contribution in [2.45, 2.75) is 187 Å². The number of ether oxygens (including phenoxy) is 2. The van der Waals surface area contributed by atoms with Gasteiger partial charge in [0.05, 0.1) is 0 Å². The minimum absolute atomic E-state index is 0.109. The molecule has 0 spiro atoms. The van der Waals surface area contributed by atoms with Crippen LogP contribution in [0.1, 0.15) is 181 Å². The zero-order valence-corrected chi connectivity index (χ0v) is 25.5. The Balaban J connectivity index is 3.36. The van der Waals surface area contributed by atoms with Crippen molar-refractivity contribution in [1.29, 1.82) is 0 Å². The van der Waals surface area contributed by atoms with Gasteiger partial charge < -0.3 is 14.6 Å². The van der Waals surface area contributed by atoms with Crippen LogP contribution in [0.3, 0.4) is 0 Å². The van der Waals surface area contributed by atoms with Gasteiger partial charge in [-0.2, -0.15) is 0 Å². The summed E-state index contributed by atoms with van der Waals surface area (Å²) in [5, 5.41) is 9.90. The van der Waals surface area contributed by atoms with E-state index in [9.17, 15) is 14.7 Å². The van der Waals surface area contributed by atoms with Crippen LogP contribution in [0.5, 0.6) is 0 Å². The molecule has 0 bridgehead atoms. The van der Waals surface area contributed by atoms with E-state index in [-0.39, 0.29) is 25.2 Å². The molecule has 0 aliphatic rings. The summed E-state index contributed by atoms with van der Waals surface area (Å²) in [4.78, 5) is 23.6. The van der Waals surface area contributed by atoms with Crippen molar-refractivity contribution < 1.29 is 24.2 Å². The standard InChI is InChI=1S/C33H64O5/c1-3-5-7-9-11-12-13-14-15-16-17-18-19-20-22-24-26-28-33(36)38-30-31(34)29-37-32(35)27-25-23-21-10-8-6-4-2/h31,34H,3-30H2,1-2H3/t31-/m1/s1. The van der Waals surface area contributed by atoms with Crippen molar-refractivity contribution in [3.63, 3.8) is 0 Å². The molecule has 226 valence electrons. The van der Waals surface area contributed by atoms with Crippen molar-refractivity contribution in [2.75, 3.05) is 13.2 Å². The van der Waals surface area contributed by atoms with E-state index in [0.29, 0.717) is 12.8 Å². The quantitative estimate of drug-likeness (QED) is 0.0725. The largest absolute Gasteiger partial charge is 0.463 e. The molecule has 0 radical (unpaired) electrons. The molecule has 0 aromatic heterocycles. The van der Waals surface area contributed by atoms with Crippen LogP contribution in [0, 0.1) is 0 Å². The highest BCUT2D eigenvalue weighted by Crippen LogP contribution is 2.14. The summed E-state index contributed by atoms with van der Waals surface area (Å²) < 4.78 is 10.2. The molecule has 0 unspecified atom stereocenters. The first-order valence-electron chi connectivity index (χ1n) is 16.6. The molecule has 0 aromatic carbocycles. The summed E-state index contributed by atoms with van der Waals surface area (Å²) in [6, 6.07) is 0. The second-order valence-electron chi connectivity index (χ2n) is 11.3. The number of aliphatic hydroxyl groups excluding tert-OH is 1. The summed E-state index contributed by atoms with van der Waals surface area (Å²) in [5.41, 5.74) is 0. The summed E-state index contributed by atoms with van der Waals surface area (Å²) in [7, 11) is 0. The van der Waals surface area contributed by atoms with Crippen LogP contribution in [0.2, 0.25) is 0 Å². The molecule has 0 aliphatic carbocycles. The monoisotopic (exact) mass is 540 g/mol. The molecule has 5 heteroatoms. The molecule has 0 amide bonds. The molecule has 0 saturated carbocycles. The van der Waals surface area contributed by atoms with Gasteiger partial charge in [0.2, 0.25) is 0 Å². The molecule has 0 saturated heterocycles. The maximum atomic E-state index is 11.9. The van der Waals surface area contributed by atoms with E-state index in [0.717, 1.165) is 32.1 Å². The van der Waals surface area contributed by atoms with Gasteiger partial charge >= 0.3 is 11.9 Å². The van der Waals surface area contributed by atoms with Gasteiger partial charge in [-0.05, 0) is 12.8 Å². The fraction of sp³-hybridized carbons (Fsp3) is 0.939. The van der Waals surface area contributed by atoms with E-state index in [2.05, 4.69) is 13.8 Å². The van der Waals surface area contributed by atoms with Gasteiger partial charge in [0.1, 0.15) is 19.3 Å². The fourth-order valence-electron chi connectivity index (χ4n) is 4.79. The lowest BCUT2D eigenvalue weighted by Gasteiger charge is -2.12. The number of unbranched alkanes of at least 4 members (excludes halogenated alkanes) is 22. The third-order valence-corrected chi connectivity index (χ3v) is 7.34. The van der Waals surface area contributed by atoms with Crippen LogP contribution in [0.4, 0.5) is 0 Å². The van der Waals surface area contributed by atoms with E-state index < -0.39 is 6.10 Å². The molecule has 0 rings (SSSR count). The average molecular weight is 541 g/mol. The smallest absolute Gasteiger partial charge is 0.305 e. The van der Waals surface area contributed by atoms with Gasteiger partial charge in [0.15, 0.2) is 0 Å². The predicted octanol–water partition coefficient (Wildman–Crippen LogP) is 9.62. The molecule has 0 fully saturated rings. The van der Waals surface area contributed by atoms with Crippen LogP contribution in [0.15, 0.2) is 0 Å². The molecule has 0 heterocycles. The lowest BCUT2D eigenvalue weighted by molar-refractivity contribution is -0.152. The average Bonchev–Trinajstić information content (AvgIpc) is 2.92. The van der Waals surface area contributed by atoms with Crippen LogP contribution in [0.25, 0.3) is 0 Å². The molecular formula is C33H64O5. The zero-order chi connectivity index (χ0) is 27.9. The minimum Gasteiger partial charge on any atom is -0.463 e. The van der Waals surface area contributed by atoms with E-state index in [1.54, 1.807) is 0 Å². The van der Waals surface area contributed by atoms with E-state index in [1.165, 1.54) is 122 Å². The second-order valence-corrected chi connectivity index (χ2v) is 11.3. The van der Waals surface area contributed by atoms with Crippen molar-refractivity contribution in [1.82, 2.24) is 0 Å². The number of aliphatic hydroxyl groups is 1. The zero-order valence-electron chi connectivity index (χ0n) is 25.5. The Labute approximate surface area is 236 Å². The summed E-state index contributed by atoms with van der Waals surface area (Å²) in [5.74, 6) is -0.563. The number of carbonyl (C=O) groups excluding carboxylic acids is 2. The first-order chi connectivity index (χ1) is 18.6. The maximum absolute atomic E-state index is 11.9. The topological polar surface area (TPSA) is 72.8 Å². The highest BCUT2D eigenvalue weighted by Gasteiger charge is 2.12. The van der Waals surface area contributed by atoms with Crippen molar-refractivity contribution in [2.24, 2.45) is 0 Å². The molecule has 0 aromatic rings. The van der Waals surface area contributed by atoms with E-state index in [1.807, 2.05) is 0 Å². The van der Waals surface area contributed by atoms with Gasteiger partial charge in [-0.1, -0.05) is 155 Å². The summed E-state index contributed by atoms with van der Waals surface area (Å²) in [6.45, 7) is 4.26. The molecule has 5 nitrogen and oxygen atoms in total. The first-order valence-corrected chi connectivity index (χ1v) is 16.6. The maximum Gasteiger partial charge on any atom is 0.305 e. The van der Waals surface area contributed by atoms with Crippen LogP contribution in [-0.2, 0) is 19.1 Å². The Bertz CT molecular complexity index is 508. The van der Waals surface area contributed by atoms with Gasteiger partial charge in [0, 0.05) is 12.8 Å². The molecule has 0 aliphatic heterocycles. The van der Waals surface area contributed by atoms with Crippen molar-refractivity contribution in [3.05, 3.63) is 0 Å². The van der Waals surface area contributed by atoms with Gasteiger partial charge in [-0.15, -0.1) is 0 Å². The first kappa shape index (κ1) is 36.9. The van der Waals surface area contributed by atoms with Crippen molar-refractivity contribution >= 4 is 11.9 Å². The van der Waals surface area contributed by atoms with E-state index >= 15 is 0 Å². The second kappa shape index (κ2) is 30.4. The third-order valence-electron chi connectivity index (χ3n) is 7.34. The van der Waals surface area contributed by atoms with Crippen LogP contribution >= 0.6 is 0 Å². The SMILES string of the molecule is CCCCCCCCCCCCCCCCCCCC(=O)OC[C@H](O)COC(=O)CCCCCCCCC. The molecule has 38 heavy (non-hydrogen) atoms. The van der Waals surface area contributed by atoms with Crippen LogP contribution < -0.4 is 0 Å². The van der Waals surface area contributed by atoms with Gasteiger partial charge in [0.25, 0.3) is 0 Å². The number of hydrogen-bond donors (Lipinski definition) is 1. The lowest BCUT2D eigenvalue weighted by Crippen LogP contribution is -2.25. The Morgan fingerprint density at radius 3 is 0.947 bits per heavy atom. The highest BCUT2D eigenvalue weighted by molar-refractivity contribution is 5.69. The van der Waals surface area contributed by atoms with Crippen molar-refractivity contribution in [3.8, 4) is 0 Å². The number of esters is 2. The number of rotatable bonds is 30. The summed E-state index contributed by atoms with van der Waals surface area (Å²) in [6.07, 6.45) is 30.2. The lowest BCUT2D eigenvalue weighted by atomic mass is 10.0. The molecule has 1 atom stereocenters. The van der Waals surface area contributed by atoms with Crippen LogP contribution in [-0.4, -0.2) is 36.4 Å². The summed E-state index contributed by atoms with van der Waals surface area (Å²) >= 11 is 0. The highest BCUT2D eigenvalue weighted by atomic mass is 16.6.